The zero-order valence-corrected chi connectivity index (χ0v) is 15.6. The first-order chi connectivity index (χ1) is 11.6. The van der Waals surface area contributed by atoms with Crippen molar-refractivity contribution in [3.63, 3.8) is 0 Å². The molecule has 0 unspecified atom stereocenters. The van der Waals surface area contributed by atoms with E-state index in [0.29, 0.717) is 0 Å². The molecule has 2 aromatic rings. The van der Waals surface area contributed by atoms with Crippen LogP contribution in [0.25, 0.3) is 0 Å². The molecule has 24 heavy (non-hydrogen) atoms. The lowest BCUT2D eigenvalue weighted by Crippen LogP contribution is -2.28. The van der Waals surface area contributed by atoms with Gasteiger partial charge in [-0.1, -0.05) is 38.1 Å². The number of ether oxygens (including phenoxy) is 1. The summed E-state index contributed by atoms with van der Waals surface area (Å²) in [5.74, 6) is 1.79. The zero-order valence-electron chi connectivity index (χ0n) is 14.8. The Bertz CT molecular complexity index is 700. The Morgan fingerprint density at radius 2 is 1.96 bits per heavy atom. The summed E-state index contributed by atoms with van der Waals surface area (Å²) in [5.41, 5.74) is 2.92. The van der Waals surface area contributed by atoms with Gasteiger partial charge < -0.3 is 10.1 Å². The average Bonchev–Trinajstić information content (AvgIpc) is 2.60. The molecule has 2 aromatic carbocycles. The molecule has 0 saturated heterocycles. The third kappa shape index (κ3) is 4.32. The van der Waals surface area contributed by atoms with Gasteiger partial charge in [-0.3, -0.25) is 4.79 Å². The van der Waals surface area contributed by atoms with Crippen molar-refractivity contribution >= 4 is 17.7 Å². The Hall–Kier alpha value is -1.94. The number of amides is 1. The summed E-state index contributed by atoms with van der Waals surface area (Å²) in [5, 5.41) is 3.17. The van der Waals surface area contributed by atoms with E-state index in [0.717, 1.165) is 39.5 Å². The first-order valence-electron chi connectivity index (χ1n) is 8.27. The summed E-state index contributed by atoms with van der Waals surface area (Å²) in [6, 6.07) is 13.8. The van der Waals surface area contributed by atoms with E-state index in [-0.39, 0.29) is 11.9 Å². The number of aryl methyl sites for hydroxylation is 1. The molecule has 0 bridgehead atoms. The maximum absolute atomic E-state index is 12.7. The SMILES string of the molecule is CCSc1ccccc1C(=O)N[C@H](CC)c1ccc(OC)c(C)c1. The maximum atomic E-state index is 12.7. The third-order valence-corrected chi connectivity index (χ3v) is 4.92. The predicted octanol–water partition coefficient (Wildman–Crippen LogP) is 5.00. The van der Waals surface area contributed by atoms with Gasteiger partial charge in [-0.2, -0.15) is 0 Å². The molecule has 0 aliphatic rings. The van der Waals surface area contributed by atoms with E-state index < -0.39 is 0 Å². The van der Waals surface area contributed by atoms with Crippen molar-refractivity contribution < 1.29 is 9.53 Å². The van der Waals surface area contributed by atoms with Crippen LogP contribution in [0.3, 0.4) is 0 Å². The van der Waals surface area contributed by atoms with Crippen LogP contribution < -0.4 is 10.1 Å². The van der Waals surface area contributed by atoms with E-state index in [9.17, 15) is 4.79 Å². The number of hydrogen-bond acceptors (Lipinski definition) is 3. The zero-order chi connectivity index (χ0) is 17.5. The first-order valence-corrected chi connectivity index (χ1v) is 9.26. The topological polar surface area (TPSA) is 38.3 Å². The molecule has 1 amide bonds. The number of thioether (sulfide) groups is 1. The standard InChI is InChI=1S/C20H25NO2S/c1-5-17(15-11-12-18(23-4)14(3)13-15)21-20(22)16-9-7-8-10-19(16)24-6-2/h7-13,17H,5-6H2,1-4H3,(H,21,22)/t17-/m1/s1. The molecule has 4 heteroatoms. The van der Waals surface area contributed by atoms with E-state index >= 15 is 0 Å². The summed E-state index contributed by atoms with van der Waals surface area (Å²) in [4.78, 5) is 13.8. The Kier molecular flexibility index (Phi) is 6.73. The van der Waals surface area contributed by atoms with Crippen molar-refractivity contribution in [1.82, 2.24) is 5.32 Å². The van der Waals surface area contributed by atoms with Crippen molar-refractivity contribution in [2.24, 2.45) is 0 Å². The first kappa shape index (κ1) is 18.4. The summed E-state index contributed by atoms with van der Waals surface area (Å²) >= 11 is 1.69. The third-order valence-electron chi connectivity index (χ3n) is 3.97. The van der Waals surface area contributed by atoms with Crippen LogP contribution in [0.1, 0.15) is 47.8 Å². The monoisotopic (exact) mass is 343 g/mol. The summed E-state index contributed by atoms with van der Waals surface area (Å²) in [6.07, 6.45) is 0.834. The number of carbonyl (C=O) groups is 1. The highest BCUT2D eigenvalue weighted by molar-refractivity contribution is 7.99. The minimum atomic E-state index is -0.0214. The number of nitrogens with one attached hydrogen (secondary N) is 1. The van der Waals surface area contributed by atoms with Gasteiger partial charge in [0.15, 0.2) is 0 Å². The number of benzene rings is 2. The van der Waals surface area contributed by atoms with Gasteiger partial charge in [0.1, 0.15) is 5.75 Å². The van der Waals surface area contributed by atoms with Gasteiger partial charge in [0.05, 0.1) is 18.7 Å². The van der Waals surface area contributed by atoms with E-state index in [4.69, 9.17) is 4.74 Å². The summed E-state index contributed by atoms with van der Waals surface area (Å²) in [7, 11) is 1.67. The Morgan fingerprint density at radius 1 is 1.21 bits per heavy atom. The molecule has 0 aliphatic carbocycles. The molecule has 0 aromatic heterocycles. The number of hydrogen-bond donors (Lipinski definition) is 1. The van der Waals surface area contributed by atoms with Crippen LogP contribution in [0, 0.1) is 6.92 Å². The van der Waals surface area contributed by atoms with Crippen molar-refractivity contribution in [2.45, 2.75) is 38.1 Å². The van der Waals surface area contributed by atoms with Gasteiger partial charge in [-0.15, -0.1) is 11.8 Å². The Balaban J connectivity index is 2.21. The average molecular weight is 343 g/mol. The molecule has 0 fully saturated rings. The smallest absolute Gasteiger partial charge is 0.252 e. The second kappa shape index (κ2) is 8.78. The Morgan fingerprint density at radius 3 is 2.58 bits per heavy atom. The van der Waals surface area contributed by atoms with Gasteiger partial charge in [0.25, 0.3) is 5.91 Å². The lowest BCUT2D eigenvalue weighted by molar-refractivity contribution is 0.0932. The Labute approximate surface area is 148 Å². The number of rotatable bonds is 7. The lowest BCUT2D eigenvalue weighted by Gasteiger charge is -2.19. The fourth-order valence-corrected chi connectivity index (χ4v) is 3.51. The molecule has 0 radical (unpaired) electrons. The van der Waals surface area contributed by atoms with Crippen LogP contribution >= 0.6 is 11.8 Å². The molecular formula is C20H25NO2S. The lowest BCUT2D eigenvalue weighted by atomic mass is 10.0. The number of carbonyl (C=O) groups excluding carboxylic acids is 1. The van der Waals surface area contributed by atoms with Crippen molar-refractivity contribution in [2.75, 3.05) is 12.9 Å². The number of methoxy groups -OCH3 is 1. The fraction of sp³-hybridized carbons (Fsp3) is 0.350. The molecule has 1 N–H and O–H groups in total. The molecular weight excluding hydrogens is 318 g/mol. The molecule has 128 valence electrons. The molecule has 0 heterocycles. The largest absolute Gasteiger partial charge is 0.496 e. The van der Waals surface area contributed by atoms with Crippen LogP contribution in [-0.4, -0.2) is 18.8 Å². The van der Waals surface area contributed by atoms with Crippen LogP contribution in [-0.2, 0) is 0 Å². The van der Waals surface area contributed by atoms with Gasteiger partial charge >= 0.3 is 0 Å². The summed E-state index contributed by atoms with van der Waals surface area (Å²) in [6.45, 7) is 6.19. The van der Waals surface area contributed by atoms with E-state index in [2.05, 4.69) is 25.2 Å². The van der Waals surface area contributed by atoms with E-state index in [1.54, 1.807) is 18.9 Å². The highest BCUT2D eigenvalue weighted by Crippen LogP contribution is 2.26. The van der Waals surface area contributed by atoms with Gasteiger partial charge in [-0.05, 0) is 48.4 Å². The van der Waals surface area contributed by atoms with E-state index in [1.807, 2.05) is 43.3 Å². The minimum absolute atomic E-state index is 0.0122. The highest BCUT2D eigenvalue weighted by Gasteiger charge is 2.17. The maximum Gasteiger partial charge on any atom is 0.252 e. The normalized spacial score (nSPS) is 11.8. The fourth-order valence-electron chi connectivity index (χ4n) is 2.71. The minimum Gasteiger partial charge on any atom is -0.496 e. The molecule has 2 rings (SSSR count). The molecule has 0 aliphatic heterocycles. The van der Waals surface area contributed by atoms with Crippen molar-refractivity contribution in [1.29, 1.82) is 0 Å². The van der Waals surface area contributed by atoms with E-state index in [1.165, 1.54) is 0 Å². The quantitative estimate of drug-likeness (QED) is 0.719. The highest BCUT2D eigenvalue weighted by atomic mass is 32.2. The van der Waals surface area contributed by atoms with Crippen LogP contribution in [0.4, 0.5) is 0 Å². The molecule has 3 nitrogen and oxygen atoms in total. The van der Waals surface area contributed by atoms with Crippen LogP contribution in [0.15, 0.2) is 47.4 Å². The van der Waals surface area contributed by atoms with Crippen LogP contribution in [0.2, 0.25) is 0 Å². The molecule has 0 spiro atoms. The van der Waals surface area contributed by atoms with Gasteiger partial charge in [0, 0.05) is 4.90 Å². The van der Waals surface area contributed by atoms with Gasteiger partial charge in [-0.25, -0.2) is 0 Å². The van der Waals surface area contributed by atoms with Crippen LogP contribution in [0.5, 0.6) is 5.75 Å². The van der Waals surface area contributed by atoms with Crippen molar-refractivity contribution in [3.05, 3.63) is 59.2 Å². The summed E-state index contributed by atoms with van der Waals surface area (Å²) < 4.78 is 5.32. The molecule has 1 atom stereocenters. The van der Waals surface area contributed by atoms with Gasteiger partial charge in [0.2, 0.25) is 0 Å². The second-order valence-corrected chi connectivity index (χ2v) is 6.90. The second-order valence-electron chi connectivity index (χ2n) is 5.59. The van der Waals surface area contributed by atoms with Crippen molar-refractivity contribution in [3.8, 4) is 5.75 Å². The molecule has 0 saturated carbocycles. The predicted molar refractivity (Wildman–Crippen MR) is 101 cm³/mol.